The van der Waals surface area contributed by atoms with E-state index in [1.165, 1.54) is 29.5 Å². The lowest BCUT2D eigenvalue weighted by molar-refractivity contribution is -0.129. The Bertz CT molecular complexity index is 724. The van der Waals surface area contributed by atoms with Gasteiger partial charge in [-0.2, -0.15) is 0 Å². The van der Waals surface area contributed by atoms with E-state index in [2.05, 4.69) is 20.7 Å². The zero-order valence-electron chi connectivity index (χ0n) is 13.2. The van der Waals surface area contributed by atoms with Gasteiger partial charge in [0.1, 0.15) is 5.76 Å². The molecule has 0 saturated carbocycles. The van der Waals surface area contributed by atoms with Gasteiger partial charge in [0.2, 0.25) is 11.0 Å². The standard InChI is InChI=1S/C14H17N5O3S2/c1-9-7-10(18-22-9)12(21)15-13-16-17-14(24-13)23-8-11(20)19-5-3-2-4-6-19/h7H,2-6,8H2,1H3,(H,15,16,21). The molecule has 0 aliphatic carbocycles. The topological polar surface area (TPSA) is 101 Å². The first-order valence-corrected chi connectivity index (χ1v) is 9.41. The minimum Gasteiger partial charge on any atom is -0.361 e. The summed E-state index contributed by atoms with van der Waals surface area (Å²) in [4.78, 5) is 26.0. The van der Waals surface area contributed by atoms with Crippen molar-refractivity contribution in [2.75, 3.05) is 24.2 Å². The molecule has 2 aromatic heterocycles. The molecular formula is C14H17N5O3S2. The Kier molecular flexibility index (Phi) is 5.46. The highest BCUT2D eigenvalue weighted by Gasteiger charge is 2.18. The molecule has 1 saturated heterocycles. The Morgan fingerprint density at radius 1 is 1.33 bits per heavy atom. The summed E-state index contributed by atoms with van der Waals surface area (Å²) >= 11 is 2.57. The van der Waals surface area contributed by atoms with E-state index in [0.717, 1.165) is 25.9 Å². The molecule has 2 amide bonds. The third-order valence-corrected chi connectivity index (χ3v) is 5.47. The van der Waals surface area contributed by atoms with Crippen LogP contribution in [0, 0.1) is 6.92 Å². The Balaban J connectivity index is 1.50. The Morgan fingerprint density at radius 3 is 2.83 bits per heavy atom. The monoisotopic (exact) mass is 367 g/mol. The van der Waals surface area contributed by atoms with Gasteiger partial charge in [0.25, 0.3) is 5.91 Å². The van der Waals surface area contributed by atoms with Crippen molar-refractivity contribution in [1.82, 2.24) is 20.3 Å². The number of rotatable bonds is 5. The zero-order valence-corrected chi connectivity index (χ0v) is 14.8. The molecule has 128 valence electrons. The van der Waals surface area contributed by atoms with Crippen molar-refractivity contribution in [3.63, 3.8) is 0 Å². The van der Waals surface area contributed by atoms with Gasteiger partial charge >= 0.3 is 0 Å². The van der Waals surface area contributed by atoms with E-state index in [-0.39, 0.29) is 11.6 Å². The van der Waals surface area contributed by atoms with Gasteiger partial charge in [0, 0.05) is 19.2 Å². The average Bonchev–Trinajstić information content (AvgIpc) is 3.22. The second kappa shape index (κ2) is 7.75. The smallest absolute Gasteiger partial charge is 0.279 e. The molecule has 0 unspecified atom stereocenters. The van der Waals surface area contributed by atoms with E-state index < -0.39 is 5.91 Å². The number of carbonyl (C=O) groups excluding carboxylic acids is 2. The predicted molar refractivity (Wildman–Crippen MR) is 90.3 cm³/mol. The van der Waals surface area contributed by atoms with Crippen LogP contribution in [-0.4, -0.2) is 50.9 Å². The molecule has 8 nitrogen and oxygen atoms in total. The van der Waals surface area contributed by atoms with Gasteiger partial charge in [-0.05, 0) is 26.2 Å². The summed E-state index contributed by atoms with van der Waals surface area (Å²) in [6.45, 7) is 3.39. The normalized spacial score (nSPS) is 14.6. The van der Waals surface area contributed by atoms with Gasteiger partial charge in [-0.15, -0.1) is 10.2 Å². The van der Waals surface area contributed by atoms with E-state index in [9.17, 15) is 9.59 Å². The maximum atomic E-state index is 12.1. The highest BCUT2D eigenvalue weighted by molar-refractivity contribution is 8.01. The number of nitrogens with one attached hydrogen (secondary N) is 1. The lowest BCUT2D eigenvalue weighted by Crippen LogP contribution is -2.36. The largest absolute Gasteiger partial charge is 0.361 e. The van der Waals surface area contributed by atoms with Crippen molar-refractivity contribution >= 4 is 40.0 Å². The van der Waals surface area contributed by atoms with Gasteiger partial charge in [0.15, 0.2) is 10.0 Å². The summed E-state index contributed by atoms with van der Waals surface area (Å²) in [5.41, 5.74) is 0.192. The molecule has 1 fully saturated rings. The predicted octanol–water partition coefficient (Wildman–Crippen LogP) is 2.19. The molecule has 0 aromatic carbocycles. The number of thioether (sulfide) groups is 1. The van der Waals surface area contributed by atoms with Crippen molar-refractivity contribution in [1.29, 1.82) is 0 Å². The first-order valence-electron chi connectivity index (χ1n) is 7.60. The number of nitrogens with zero attached hydrogens (tertiary/aromatic N) is 4. The molecule has 3 rings (SSSR count). The van der Waals surface area contributed by atoms with Crippen LogP contribution < -0.4 is 5.32 Å². The molecule has 10 heteroatoms. The zero-order chi connectivity index (χ0) is 16.9. The molecular weight excluding hydrogens is 350 g/mol. The number of aromatic nitrogens is 3. The van der Waals surface area contributed by atoms with Crippen LogP contribution in [0.2, 0.25) is 0 Å². The van der Waals surface area contributed by atoms with Gasteiger partial charge in [-0.3, -0.25) is 14.9 Å². The van der Waals surface area contributed by atoms with Crippen molar-refractivity contribution in [2.24, 2.45) is 0 Å². The van der Waals surface area contributed by atoms with Gasteiger partial charge in [-0.25, -0.2) is 0 Å². The van der Waals surface area contributed by atoms with E-state index in [0.29, 0.717) is 21.0 Å². The Hall–Kier alpha value is -1.94. The first-order chi connectivity index (χ1) is 11.6. The third-order valence-electron chi connectivity index (χ3n) is 3.52. The SMILES string of the molecule is Cc1cc(C(=O)Nc2nnc(SCC(=O)N3CCCCC3)s2)no1. The highest BCUT2D eigenvalue weighted by Crippen LogP contribution is 2.26. The molecule has 3 heterocycles. The molecule has 0 radical (unpaired) electrons. The van der Waals surface area contributed by atoms with Crippen LogP contribution in [0.3, 0.4) is 0 Å². The minimum atomic E-state index is -0.399. The second-order valence-corrected chi connectivity index (χ2v) is 7.58. The van der Waals surface area contributed by atoms with Gasteiger partial charge < -0.3 is 9.42 Å². The number of aryl methyl sites for hydroxylation is 1. The molecule has 24 heavy (non-hydrogen) atoms. The highest BCUT2D eigenvalue weighted by atomic mass is 32.2. The summed E-state index contributed by atoms with van der Waals surface area (Å²) < 4.78 is 5.51. The van der Waals surface area contributed by atoms with Crippen molar-refractivity contribution in [3.8, 4) is 0 Å². The number of piperidine rings is 1. The van der Waals surface area contributed by atoms with Crippen LogP contribution in [0.5, 0.6) is 0 Å². The molecule has 0 atom stereocenters. The van der Waals surface area contributed by atoms with Crippen molar-refractivity contribution in [3.05, 3.63) is 17.5 Å². The average molecular weight is 367 g/mol. The van der Waals surface area contributed by atoms with E-state index in [1.54, 1.807) is 13.0 Å². The fourth-order valence-corrected chi connectivity index (χ4v) is 3.96. The van der Waals surface area contributed by atoms with Crippen LogP contribution in [-0.2, 0) is 4.79 Å². The lowest BCUT2D eigenvalue weighted by atomic mass is 10.1. The number of amides is 2. The van der Waals surface area contributed by atoms with E-state index in [1.807, 2.05) is 4.90 Å². The van der Waals surface area contributed by atoms with E-state index >= 15 is 0 Å². The van der Waals surface area contributed by atoms with Crippen molar-refractivity contribution in [2.45, 2.75) is 30.5 Å². The molecule has 1 aliphatic rings. The first kappa shape index (κ1) is 16.9. The summed E-state index contributed by atoms with van der Waals surface area (Å²) in [6.07, 6.45) is 3.35. The lowest BCUT2D eigenvalue weighted by Gasteiger charge is -2.26. The van der Waals surface area contributed by atoms with Crippen LogP contribution in [0.1, 0.15) is 35.5 Å². The van der Waals surface area contributed by atoms with Crippen molar-refractivity contribution < 1.29 is 14.1 Å². The van der Waals surface area contributed by atoms with Crippen LogP contribution >= 0.6 is 23.1 Å². The fraction of sp³-hybridized carbons (Fsp3) is 0.500. The summed E-state index contributed by atoms with van der Waals surface area (Å²) in [7, 11) is 0. The number of likely N-dealkylation sites (tertiary alicyclic amines) is 1. The summed E-state index contributed by atoms with van der Waals surface area (Å²) in [5, 5.41) is 14.5. The summed E-state index contributed by atoms with van der Waals surface area (Å²) in [5.74, 6) is 0.623. The number of hydrogen-bond donors (Lipinski definition) is 1. The van der Waals surface area contributed by atoms with E-state index in [4.69, 9.17) is 4.52 Å². The number of carbonyl (C=O) groups is 2. The molecule has 0 spiro atoms. The number of anilines is 1. The third kappa shape index (κ3) is 4.32. The Morgan fingerprint density at radius 2 is 2.12 bits per heavy atom. The number of hydrogen-bond acceptors (Lipinski definition) is 8. The van der Waals surface area contributed by atoms with Crippen LogP contribution in [0.25, 0.3) is 0 Å². The maximum absolute atomic E-state index is 12.1. The van der Waals surface area contributed by atoms with Crippen LogP contribution in [0.15, 0.2) is 14.9 Å². The second-order valence-electron chi connectivity index (χ2n) is 5.38. The molecule has 1 N–H and O–H groups in total. The molecule has 2 aromatic rings. The quantitative estimate of drug-likeness (QED) is 0.638. The fourth-order valence-electron chi connectivity index (χ4n) is 2.31. The molecule has 1 aliphatic heterocycles. The van der Waals surface area contributed by atoms with Gasteiger partial charge in [0.05, 0.1) is 5.75 Å². The Labute approximate surface area is 147 Å². The molecule has 0 bridgehead atoms. The van der Waals surface area contributed by atoms with Gasteiger partial charge in [-0.1, -0.05) is 28.3 Å². The van der Waals surface area contributed by atoms with Crippen LogP contribution in [0.4, 0.5) is 5.13 Å². The summed E-state index contributed by atoms with van der Waals surface area (Å²) in [6, 6.07) is 1.54. The maximum Gasteiger partial charge on any atom is 0.279 e. The minimum absolute atomic E-state index is 0.124.